The minimum atomic E-state index is -4.38. The predicted molar refractivity (Wildman–Crippen MR) is 57.4 cm³/mol. The van der Waals surface area contributed by atoms with E-state index >= 15 is 0 Å². The molecule has 0 fully saturated rings. The van der Waals surface area contributed by atoms with Crippen LogP contribution in [0.2, 0.25) is 0 Å². The number of hydrogen-bond acceptors (Lipinski definition) is 3. The van der Waals surface area contributed by atoms with E-state index in [0.29, 0.717) is 19.6 Å². The molecule has 1 amide bonds. The van der Waals surface area contributed by atoms with E-state index in [0.717, 1.165) is 4.90 Å². The summed E-state index contributed by atoms with van der Waals surface area (Å²) < 4.78 is 41.5. The maximum absolute atomic E-state index is 12.2. The summed E-state index contributed by atoms with van der Waals surface area (Å²) in [5.41, 5.74) is 5.18. The van der Waals surface area contributed by atoms with Crippen LogP contribution in [0.25, 0.3) is 0 Å². The van der Waals surface area contributed by atoms with Gasteiger partial charge in [0, 0.05) is 32.7 Å². The van der Waals surface area contributed by atoms with E-state index in [9.17, 15) is 18.0 Å². The average molecular weight is 256 g/mol. The van der Waals surface area contributed by atoms with Crippen molar-refractivity contribution in [2.24, 2.45) is 5.73 Å². The number of hydrogen-bond donors (Lipinski definition) is 1. The van der Waals surface area contributed by atoms with Crippen molar-refractivity contribution >= 4 is 5.91 Å². The van der Waals surface area contributed by atoms with Gasteiger partial charge in [0.15, 0.2) is 0 Å². The van der Waals surface area contributed by atoms with Crippen LogP contribution in [0, 0.1) is 0 Å². The summed E-state index contributed by atoms with van der Waals surface area (Å²) in [6.07, 6.45) is -3.91. The number of nitrogens with zero attached hydrogens (tertiary/aromatic N) is 1. The molecule has 0 rings (SSSR count). The highest BCUT2D eigenvalue weighted by atomic mass is 19.4. The van der Waals surface area contributed by atoms with Crippen LogP contribution in [0.15, 0.2) is 0 Å². The number of rotatable bonds is 8. The van der Waals surface area contributed by atoms with Gasteiger partial charge in [-0.05, 0) is 13.3 Å². The maximum Gasteiger partial charge on any atom is 0.406 e. The summed E-state index contributed by atoms with van der Waals surface area (Å²) in [6, 6.07) is 0. The lowest BCUT2D eigenvalue weighted by Crippen LogP contribution is -2.41. The highest BCUT2D eigenvalue weighted by Gasteiger charge is 2.32. The minimum Gasteiger partial charge on any atom is -0.382 e. The van der Waals surface area contributed by atoms with Crippen LogP contribution in [0.4, 0.5) is 13.2 Å². The molecule has 0 aliphatic rings. The van der Waals surface area contributed by atoms with Gasteiger partial charge in [-0.2, -0.15) is 13.2 Å². The number of amides is 1. The molecular weight excluding hydrogens is 237 g/mol. The first-order valence-electron chi connectivity index (χ1n) is 5.53. The second-order valence-corrected chi connectivity index (χ2v) is 3.52. The smallest absolute Gasteiger partial charge is 0.382 e. The van der Waals surface area contributed by atoms with Crippen LogP contribution in [0.1, 0.15) is 19.8 Å². The van der Waals surface area contributed by atoms with E-state index in [-0.39, 0.29) is 19.5 Å². The average Bonchev–Trinajstić information content (AvgIpc) is 2.21. The van der Waals surface area contributed by atoms with Crippen molar-refractivity contribution in [1.82, 2.24) is 4.90 Å². The summed E-state index contributed by atoms with van der Waals surface area (Å²) in [7, 11) is 0. The highest BCUT2D eigenvalue weighted by Crippen LogP contribution is 2.17. The molecule has 0 bridgehead atoms. The summed E-state index contributed by atoms with van der Waals surface area (Å²) >= 11 is 0. The second kappa shape index (κ2) is 8.30. The van der Waals surface area contributed by atoms with Crippen LogP contribution in [0.5, 0.6) is 0 Å². The van der Waals surface area contributed by atoms with E-state index < -0.39 is 18.6 Å². The lowest BCUT2D eigenvalue weighted by Gasteiger charge is -2.23. The van der Waals surface area contributed by atoms with Crippen molar-refractivity contribution < 1.29 is 22.7 Å². The van der Waals surface area contributed by atoms with Crippen LogP contribution in [-0.2, 0) is 9.53 Å². The standard InChI is InChI=1S/C10H19F3N2O2/c1-2-17-7-3-4-9(16)15(6-5-14)8-10(11,12)13/h2-8,14H2,1H3. The van der Waals surface area contributed by atoms with Crippen LogP contribution < -0.4 is 5.73 Å². The van der Waals surface area contributed by atoms with Gasteiger partial charge in [0.05, 0.1) is 0 Å². The van der Waals surface area contributed by atoms with Crippen molar-refractivity contribution in [1.29, 1.82) is 0 Å². The third kappa shape index (κ3) is 8.93. The molecule has 17 heavy (non-hydrogen) atoms. The molecule has 0 radical (unpaired) electrons. The Morgan fingerprint density at radius 3 is 2.53 bits per heavy atom. The van der Waals surface area contributed by atoms with Crippen molar-refractivity contribution in [2.75, 3.05) is 32.8 Å². The van der Waals surface area contributed by atoms with Gasteiger partial charge in [0.25, 0.3) is 0 Å². The first-order valence-corrected chi connectivity index (χ1v) is 5.53. The van der Waals surface area contributed by atoms with E-state index in [1.165, 1.54) is 0 Å². The summed E-state index contributed by atoms with van der Waals surface area (Å²) in [5, 5.41) is 0. The van der Waals surface area contributed by atoms with Gasteiger partial charge in [-0.25, -0.2) is 0 Å². The molecule has 102 valence electrons. The number of carbonyl (C=O) groups excluding carboxylic acids is 1. The molecular formula is C10H19F3N2O2. The van der Waals surface area contributed by atoms with Gasteiger partial charge >= 0.3 is 6.18 Å². The molecule has 0 atom stereocenters. The number of nitrogens with two attached hydrogens (primary N) is 1. The minimum absolute atomic E-state index is 0.0211. The predicted octanol–water partition coefficient (Wildman–Crippen LogP) is 1.15. The van der Waals surface area contributed by atoms with Crippen LogP contribution in [0.3, 0.4) is 0 Å². The molecule has 4 nitrogen and oxygen atoms in total. The molecule has 0 saturated carbocycles. The summed E-state index contributed by atoms with van der Waals surface area (Å²) in [4.78, 5) is 12.2. The number of ether oxygens (including phenoxy) is 1. The molecule has 0 aromatic carbocycles. The molecule has 0 aliphatic carbocycles. The van der Waals surface area contributed by atoms with E-state index in [1.54, 1.807) is 0 Å². The lowest BCUT2D eigenvalue weighted by atomic mass is 10.2. The van der Waals surface area contributed by atoms with Gasteiger partial charge in [0.2, 0.25) is 5.91 Å². The summed E-state index contributed by atoms with van der Waals surface area (Å²) in [6.45, 7) is 1.43. The Hall–Kier alpha value is -0.820. The first-order chi connectivity index (χ1) is 7.90. The zero-order chi connectivity index (χ0) is 13.3. The van der Waals surface area contributed by atoms with E-state index in [1.807, 2.05) is 6.92 Å². The molecule has 0 saturated heterocycles. The normalized spacial score (nSPS) is 11.6. The second-order valence-electron chi connectivity index (χ2n) is 3.52. The Kier molecular flexibility index (Phi) is 7.90. The van der Waals surface area contributed by atoms with Crippen molar-refractivity contribution in [2.45, 2.75) is 25.9 Å². The Morgan fingerprint density at radius 2 is 2.06 bits per heavy atom. The Bertz CT molecular complexity index is 222. The Balaban J connectivity index is 4.06. The van der Waals surface area contributed by atoms with Gasteiger partial charge in [-0.15, -0.1) is 0 Å². The topological polar surface area (TPSA) is 55.6 Å². The Labute approximate surface area is 98.9 Å². The quantitative estimate of drug-likeness (QED) is 0.663. The molecule has 0 unspecified atom stereocenters. The van der Waals surface area contributed by atoms with E-state index in [2.05, 4.69) is 0 Å². The Morgan fingerprint density at radius 1 is 1.41 bits per heavy atom. The van der Waals surface area contributed by atoms with Gasteiger partial charge in [-0.1, -0.05) is 0 Å². The fraction of sp³-hybridized carbons (Fsp3) is 0.900. The fourth-order valence-corrected chi connectivity index (χ4v) is 1.29. The lowest BCUT2D eigenvalue weighted by molar-refractivity contribution is -0.161. The molecule has 7 heteroatoms. The van der Waals surface area contributed by atoms with Crippen molar-refractivity contribution in [3.8, 4) is 0 Å². The fourth-order valence-electron chi connectivity index (χ4n) is 1.29. The monoisotopic (exact) mass is 256 g/mol. The SMILES string of the molecule is CCOCCCC(=O)N(CCN)CC(F)(F)F. The third-order valence-corrected chi connectivity index (χ3v) is 2.01. The maximum atomic E-state index is 12.2. The molecule has 0 aliphatic heterocycles. The zero-order valence-electron chi connectivity index (χ0n) is 9.92. The number of carbonyl (C=O) groups is 1. The van der Waals surface area contributed by atoms with Gasteiger partial charge in [0.1, 0.15) is 6.54 Å². The first kappa shape index (κ1) is 16.2. The van der Waals surface area contributed by atoms with Crippen molar-refractivity contribution in [3.63, 3.8) is 0 Å². The van der Waals surface area contributed by atoms with Crippen molar-refractivity contribution in [3.05, 3.63) is 0 Å². The molecule has 0 aromatic rings. The molecule has 2 N–H and O–H groups in total. The van der Waals surface area contributed by atoms with Crippen LogP contribution >= 0.6 is 0 Å². The third-order valence-electron chi connectivity index (χ3n) is 2.01. The van der Waals surface area contributed by atoms with Crippen LogP contribution in [-0.4, -0.2) is 49.8 Å². The van der Waals surface area contributed by atoms with Gasteiger partial charge in [-0.3, -0.25) is 4.79 Å². The number of alkyl halides is 3. The number of halogens is 3. The molecule has 0 aromatic heterocycles. The van der Waals surface area contributed by atoms with Gasteiger partial charge < -0.3 is 15.4 Å². The van der Waals surface area contributed by atoms with E-state index in [4.69, 9.17) is 10.5 Å². The molecule has 0 spiro atoms. The highest BCUT2D eigenvalue weighted by molar-refractivity contribution is 5.76. The molecule has 0 heterocycles. The summed E-state index contributed by atoms with van der Waals surface area (Å²) in [5.74, 6) is -0.535. The zero-order valence-corrected chi connectivity index (χ0v) is 9.92. The largest absolute Gasteiger partial charge is 0.406 e.